The summed E-state index contributed by atoms with van der Waals surface area (Å²) in [6.45, 7) is 6.57. The van der Waals surface area contributed by atoms with Crippen LogP contribution in [0.2, 0.25) is 0 Å². The average molecular weight is 262 g/mol. The molecule has 2 bridgehead atoms. The zero-order chi connectivity index (χ0) is 13.4. The highest BCUT2D eigenvalue weighted by Gasteiger charge is 2.65. The van der Waals surface area contributed by atoms with Crippen molar-refractivity contribution in [3.63, 3.8) is 0 Å². The summed E-state index contributed by atoms with van der Waals surface area (Å²) in [5.74, 6) is 0.709. The van der Waals surface area contributed by atoms with Gasteiger partial charge in [0.1, 0.15) is 11.9 Å². The maximum atomic E-state index is 12.4. The van der Waals surface area contributed by atoms with Crippen molar-refractivity contribution >= 4 is 11.8 Å². The number of esters is 1. The predicted octanol–water partition coefficient (Wildman–Crippen LogP) is 1.49. The predicted molar refractivity (Wildman–Crippen MR) is 66.2 cm³/mol. The molecule has 102 valence electrons. The highest BCUT2D eigenvalue weighted by Crippen LogP contribution is 2.59. The topological polar surface area (TPSA) is 52.6 Å². The van der Waals surface area contributed by atoms with Crippen LogP contribution >= 0.6 is 0 Å². The van der Waals surface area contributed by atoms with E-state index in [-0.39, 0.29) is 29.5 Å². The van der Waals surface area contributed by atoms with E-state index in [0.717, 1.165) is 6.42 Å². The Hall–Kier alpha value is -1.16. The fourth-order valence-corrected chi connectivity index (χ4v) is 4.91. The fraction of sp³-hybridized carbons (Fsp3) is 0.733. The van der Waals surface area contributed by atoms with Gasteiger partial charge < -0.3 is 9.47 Å². The van der Waals surface area contributed by atoms with Crippen molar-refractivity contribution in [3.05, 3.63) is 12.2 Å². The molecule has 4 heteroatoms. The van der Waals surface area contributed by atoms with Gasteiger partial charge in [0.05, 0.1) is 18.1 Å². The van der Waals surface area contributed by atoms with Gasteiger partial charge in [-0.2, -0.15) is 0 Å². The molecule has 0 amide bonds. The van der Waals surface area contributed by atoms with Gasteiger partial charge in [-0.1, -0.05) is 13.5 Å². The van der Waals surface area contributed by atoms with Gasteiger partial charge in [-0.3, -0.25) is 4.79 Å². The van der Waals surface area contributed by atoms with Crippen molar-refractivity contribution in [2.24, 2.45) is 23.2 Å². The molecule has 2 aliphatic heterocycles. The number of fused-ring (bicyclic) bond motifs is 1. The van der Waals surface area contributed by atoms with Crippen molar-refractivity contribution in [2.75, 3.05) is 6.61 Å². The molecule has 4 fully saturated rings. The number of hydrogen-bond acceptors (Lipinski definition) is 4. The Balaban J connectivity index is 1.78. The van der Waals surface area contributed by atoms with Crippen LogP contribution in [0.4, 0.5) is 0 Å². The third-order valence-electron chi connectivity index (χ3n) is 5.75. The lowest BCUT2D eigenvalue weighted by atomic mass is 9.70. The maximum absolute atomic E-state index is 12.4. The summed E-state index contributed by atoms with van der Waals surface area (Å²) in [7, 11) is 0. The molecule has 6 atom stereocenters. The van der Waals surface area contributed by atoms with Crippen LogP contribution in [0.5, 0.6) is 0 Å². The zero-order valence-electron chi connectivity index (χ0n) is 11.1. The van der Waals surface area contributed by atoms with Crippen molar-refractivity contribution in [1.29, 1.82) is 0 Å². The van der Waals surface area contributed by atoms with Crippen molar-refractivity contribution in [1.82, 2.24) is 0 Å². The lowest BCUT2D eigenvalue weighted by Gasteiger charge is -2.30. The van der Waals surface area contributed by atoms with Crippen LogP contribution in [-0.2, 0) is 19.1 Å². The van der Waals surface area contributed by atoms with Crippen molar-refractivity contribution < 1.29 is 19.1 Å². The Morgan fingerprint density at radius 1 is 1.32 bits per heavy atom. The van der Waals surface area contributed by atoms with E-state index in [1.807, 2.05) is 0 Å². The highest BCUT2D eigenvalue weighted by molar-refractivity contribution is 5.92. The molecule has 0 N–H and O–H groups in total. The largest absolute Gasteiger partial charge is 0.458 e. The highest BCUT2D eigenvalue weighted by atomic mass is 16.6. The van der Waals surface area contributed by atoms with Crippen molar-refractivity contribution in [2.45, 2.75) is 38.4 Å². The second-order valence-corrected chi connectivity index (χ2v) is 6.65. The van der Waals surface area contributed by atoms with E-state index in [9.17, 15) is 9.59 Å². The van der Waals surface area contributed by atoms with Crippen LogP contribution in [0, 0.1) is 23.2 Å². The van der Waals surface area contributed by atoms with Crippen LogP contribution in [0.25, 0.3) is 0 Å². The number of carbonyl (C=O) groups excluding carboxylic acids is 2. The Morgan fingerprint density at radius 3 is 2.84 bits per heavy atom. The third-order valence-corrected chi connectivity index (χ3v) is 5.75. The number of ketones is 1. The first-order valence-corrected chi connectivity index (χ1v) is 7.07. The molecule has 19 heavy (non-hydrogen) atoms. The second-order valence-electron chi connectivity index (χ2n) is 6.65. The molecule has 2 saturated heterocycles. The van der Waals surface area contributed by atoms with Gasteiger partial charge in [0.2, 0.25) is 0 Å². The summed E-state index contributed by atoms with van der Waals surface area (Å²) in [4.78, 5) is 24.1. The van der Waals surface area contributed by atoms with Gasteiger partial charge >= 0.3 is 5.97 Å². The first-order chi connectivity index (χ1) is 9.03. The standard InChI is InChI=1S/C15H18O4/c1-7-3-10-9(8(2)14(17)19-10)5-15-6-18-11(13(7)15)4-12(15)16/h7,9-11,13H,2-6H2,1H3/t7?,9-,10-,11-,13-,15-/m1/s1. The molecule has 4 aliphatic rings. The Kier molecular flexibility index (Phi) is 2.13. The number of Topliss-reactive ketones (excluding diaryl/α,β-unsaturated/α-hetero) is 1. The summed E-state index contributed by atoms with van der Waals surface area (Å²) in [6, 6.07) is 0. The summed E-state index contributed by atoms with van der Waals surface area (Å²) in [5.41, 5.74) is 0.177. The van der Waals surface area contributed by atoms with Gasteiger partial charge in [0.15, 0.2) is 0 Å². The number of hydrogen-bond donors (Lipinski definition) is 0. The first kappa shape index (κ1) is 11.6. The summed E-state index contributed by atoms with van der Waals surface area (Å²) in [6.07, 6.45) is 2.07. The molecule has 4 nitrogen and oxygen atoms in total. The van der Waals surface area contributed by atoms with E-state index in [1.165, 1.54) is 0 Å². The minimum Gasteiger partial charge on any atom is -0.458 e. The molecule has 0 aromatic heterocycles. The molecule has 0 aromatic rings. The summed E-state index contributed by atoms with van der Waals surface area (Å²) < 4.78 is 11.3. The van der Waals surface area contributed by atoms with Gasteiger partial charge in [0.25, 0.3) is 0 Å². The quantitative estimate of drug-likeness (QED) is 0.490. The van der Waals surface area contributed by atoms with Gasteiger partial charge in [-0.15, -0.1) is 0 Å². The Bertz CT molecular complexity index is 496. The SMILES string of the molecule is C=C1C(=O)O[C@@H]2CC(C)[C@@H]3[C@H]4CC(=O)[C@]3(CO4)C[C@H]12. The van der Waals surface area contributed by atoms with Crippen LogP contribution in [-0.4, -0.2) is 30.6 Å². The van der Waals surface area contributed by atoms with E-state index in [1.54, 1.807) is 0 Å². The molecule has 1 unspecified atom stereocenters. The molecule has 0 spiro atoms. The van der Waals surface area contributed by atoms with Gasteiger partial charge in [-0.25, -0.2) is 4.79 Å². The smallest absolute Gasteiger partial charge is 0.334 e. The van der Waals surface area contributed by atoms with E-state index in [0.29, 0.717) is 42.6 Å². The normalized spacial score (nSPS) is 51.8. The minimum absolute atomic E-state index is 0.00403. The minimum atomic E-state index is -0.375. The monoisotopic (exact) mass is 262 g/mol. The molecule has 2 aliphatic carbocycles. The molecule has 2 heterocycles. The number of rotatable bonds is 0. The second kappa shape index (κ2) is 3.48. The zero-order valence-corrected chi connectivity index (χ0v) is 11.1. The lowest BCUT2D eigenvalue weighted by Crippen LogP contribution is -2.37. The first-order valence-electron chi connectivity index (χ1n) is 7.07. The number of ether oxygens (including phenoxy) is 2. The van der Waals surface area contributed by atoms with E-state index in [4.69, 9.17) is 9.47 Å². The molecule has 2 saturated carbocycles. The maximum Gasteiger partial charge on any atom is 0.334 e. The van der Waals surface area contributed by atoms with Crippen LogP contribution < -0.4 is 0 Å². The van der Waals surface area contributed by atoms with Crippen molar-refractivity contribution in [3.8, 4) is 0 Å². The average Bonchev–Trinajstić information content (AvgIpc) is 2.90. The third kappa shape index (κ3) is 1.28. The molecule has 4 rings (SSSR count). The molecular weight excluding hydrogens is 244 g/mol. The van der Waals surface area contributed by atoms with Crippen LogP contribution in [0.1, 0.15) is 26.2 Å². The molecule has 0 aromatic carbocycles. The van der Waals surface area contributed by atoms with E-state index >= 15 is 0 Å². The van der Waals surface area contributed by atoms with Gasteiger partial charge in [0, 0.05) is 23.8 Å². The molecular formula is C15H18O4. The fourth-order valence-electron chi connectivity index (χ4n) is 4.91. The molecule has 0 radical (unpaired) electrons. The summed E-state index contributed by atoms with van der Waals surface area (Å²) >= 11 is 0. The number of carbonyl (C=O) groups is 2. The summed E-state index contributed by atoms with van der Waals surface area (Å²) in [5, 5.41) is 0. The van der Waals surface area contributed by atoms with Gasteiger partial charge in [-0.05, 0) is 18.8 Å². The lowest BCUT2D eigenvalue weighted by molar-refractivity contribution is -0.139. The van der Waals surface area contributed by atoms with E-state index < -0.39 is 0 Å². The van der Waals surface area contributed by atoms with E-state index in [2.05, 4.69) is 13.5 Å². The van der Waals surface area contributed by atoms with Crippen LogP contribution in [0.15, 0.2) is 12.2 Å². The Labute approximate surface area is 112 Å². The van der Waals surface area contributed by atoms with Crippen LogP contribution in [0.3, 0.4) is 0 Å². The Morgan fingerprint density at radius 2 is 2.11 bits per heavy atom.